The maximum absolute atomic E-state index is 11.0. The number of thiophene rings is 1. The van der Waals surface area contributed by atoms with E-state index < -0.39 is 4.92 Å². The number of anilines is 2. The number of benzene rings is 2. The van der Waals surface area contributed by atoms with Crippen LogP contribution in [0.2, 0.25) is 0 Å². The van der Waals surface area contributed by atoms with Gasteiger partial charge in [-0.1, -0.05) is 36.4 Å². The number of nitro groups is 1. The van der Waals surface area contributed by atoms with Gasteiger partial charge in [0.15, 0.2) is 5.82 Å². The number of nitro benzene ring substituents is 1. The molecule has 128 valence electrons. The Kier molecular flexibility index (Phi) is 4.06. The lowest BCUT2D eigenvalue weighted by molar-refractivity contribution is -0.384. The zero-order valence-electron chi connectivity index (χ0n) is 13.8. The van der Waals surface area contributed by atoms with Gasteiger partial charge in [-0.15, -0.1) is 11.3 Å². The molecular formula is C19H14N4O2S. The van der Waals surface area contributed by atoms with Crippen LogP contribution in [0, 0.1) is 17.0 Å². The third kappa shape index (κ3) is 3.12. The molecule has 2 aromatic heterocycles. The highest BCUT2D eigenvalue weighted by Gasteiger charge is 2.13. The molecule has 6 nitrogen and oxygen atoms in total. The number of aromatic nitrogens is 2. The summed E-state index contributed by atoms with van der Waals surface area (Å²) in [6, 6.07) is 18.1. The number of hydrogen-bond acceptors (Lipinski definition) is 6. The van der Waals surface area contributed by atoms with Gasteiger partial charge in [0.2, 0.25) is 0 Å². The highest BCUT2D eigenvalue weighted by molar-refractivity contribution is 7.18. The minimum absolute atomic E-state index is 0.0325. The van der Waals surface area contributed by atoms with Crippen LogP contribution in [0.4, 0.5) is 17.2 Å². The van der Waals surface area contributed by atoms with Gasteiger partial charge >= 0.3 is 0 Å². The zero-order chi connectivity index (χ0) is 18.1. The molecule has 2 aromatic carbocycles. The van der Waals surface area contributed by atoms with Crippen molar-refractivity contribution < 1.29 is 4.92 Å². The number of non-ortho nitro benzene ring substituents is 1. The highest BCUT2D eigenvalue weighted by atomic mass is 32.1. The van der Waals surface area contributed by atoms with Gasteiger partial charge in [-0.25, -0.2) is 9.97 Å². The van der Waals surface area contributed by atoms with Crippen molar-refractivity contribution in [2.24, 2.45) is 0 Å². The van der Waals surface area contributed by atoms with Crippen molar-refractivity contribution >= 4 is 38.7 Å². The van der Waals surface area contributed by atoms with E-state index in [1.165, 1.54) is 12.1 Å². The average Bonchev–Trinajstić information content (AvgIpc) is 3.03. The molecule has 0 aliphatic rings. The van der Waals surface area contributed by atoms with E-state index in [0.29, 0.717) is 17.3 Å². The van der Waals surface area contributed by atoms with E-state index in [2.05, 4.69) is 15.3 Å². The summed E-state index contributed by atoms with van der Waals surface area (Å²) in [6.07, 6.45) is 0. The van der Waals surface area contributed by atoms with Crippen molar-refractivity contribution in [3.63, 3.8) is 0 Å². The van der Waals surface area contributed by atoms with E-state index in [4.69, 9.17) is 0 Å². The van der Waals surface area contributed by atoms with E-state index in [-0.39, 0.29) is 5.69 Å². The number of hydrogen-bond donors (Lipinski definition) is 1. The third-order valence-electron chi connectivity index (χ3n) is 3.87. The molecule has 7 heteroatoms. The van der Waals surface area contributed by atoms with Crippen LogP contribution in [0.3, 0.4) is 0 Å². The lowest BCUT2D eigenvalue weighted by atomic mass is 10.2. The first-order valence-corrected chi connectivity index (χ1v) is 8.77. The molecule has 0 radical (unpaired) electrons. The Morgan fingerprint density at radius 3 is 2.62 bits per heavy atom. The molecule has 4 aromatic rings. The molecule has 0 atom stereocenters. The van der Waals surface area contributed by atoms with Crippen molar-refractivity contribution in [3.8, 4) is 11.4 Å². The first-order valence-electron chi connectivity index (χ1n) is 7.95. The molecule has 2 heterocycles. The minimum atomic E-state index is -0.412. The van der Waals surface area contributed by atoms with E-state index in [1.807, 2.05) is 43.3 Å². The molecule has 0 fully saturated rings. The predicted octanol–water partition coefficient (Wildman–Crippen LogP) is 5.32. The van der Waals surface area contributed by atoms with Gasteiger partial charge < -0.3 is 5.32 Å². The fourth-order valence-electron chi connectivity index (χ4n) is 2.69. The second-order valence-electron chi connectivity index (χ2n) is 5.77. The molecule has 0 saturated carbocycles. The second kappa shape index (κ2) is 6.53. The molecule has 0 spiro atoms. The Hall–Kier alpha value is -3.32. The SMILES string of the molecule is Cc1cc2c(Nc3cccc([N+](=O)[O-])c3)nc(-c3ccccc3)nc2s1. The first kappa shape index (κ1) is 16.2. The van der Waals surface area contributed by atoms with Crippen molar-refractivity contribution in [1.29, 1.82) is 0 Å². The van der Waals surface area contributed by atoms with Crippen molar-refractivity contribution in [2.75, 3.05) is 5.32 Å². The Balaban J connectivity index is 1.83. The Morgan fingerprint density at radius 1 is 1.04 bits per heavy atom. The maximum atomic E-state index is 11.0. The Bertz CT molecular complexity index is 1110. The van der Waals surface area contributed by atoms with Gasteiger partial charge in [-0.3, -0.25) is 10.1 Å². The van der Waals surface area contributed by atoms with Crippen LogP contribution in [-0.2, 0) is 0 Å². The second-order valence-corrected chi connectivity index (χ2v) is 7.00. The summed E-state index contributed by atoms with van der Waals surface area (Å²) in [5, 5.41) is 15.1. The van der Waals surface area contributed by atoms with Gasteiger partial charge in [-0.05, 0) is 19.1 Å². The number of rotatable bonds is 4. The van der Waals surface area contributed by atoms with Crippen molar-refractivity contribution in [1.82, 2.24) is 9.97 Å². The van der Waals surface area contributed by atoms with Gasteiger partial charge in [-0.2, -0.15) is 0 Å². The fraction of sp³-hybridized carbons (Fsp3) is 0.0526. The highest BCUT2D eigenvalue weighted by Crippen LogP contribution is 2.33. The summed E-state index contributed by atoms with van der Waals surface area (Å²) in [7, 11) is 0. The summed E-state index contributed by atoms with van der Waals surface area (Å²) < 4.78 is 0. The number of fused-ring (bicyclic) bond motifs is 1. The van der Waals surface area contributed by atoms with Gasteiger partial charge in [0, 0.05) is 28.3 Å². The Labute approximate surface area is 153 Å². The largest absolute Gasteiger partial charge is 0.339 e. The average molecular weight is 362 g/mol. The summed E-state index contributed by atoms with van der Waals surface area (Å²) in [6.45, 7) is 2.02. The Morgan fingerprint density at radius 2 is 1.85 bits per heavy atom. The summed E-state index contributed by atoms with van der Waals surface area (Å²) in [4.78, 5) is 22.0. The molecule has 26 heavy (non-hydrogen) atoms. The summed E-state index contributed by atoms with van der Waals surface area (Å²) in [5.74, 6) is 1.26. The molecule has 0 amide bonds. The van der Waals surface area contributed by atoms with Gasteiger partial charge in [0.25, 0.3) is 5.69 Å². The monoisotopic (exact) mass is 362 g/mol. The lowest BCUT2D eigenvalue weighted by Gasteiger charge is -2.09. The third-order valence-corrected chi connectivity index (χ3v) is 4.81. The first-order chi connectivity index (χ1) is 12.6. The van der Waals surface area contributed by atoms with E-state index in [1.54, 1.807) is 23.5 Å². The molecule has 1 N–H and O–H groups in total. The molecule has 4 rings (SSSR count). The van der Waals surface area contributed by atoms with Crippen LogP contribution in [0.1, 0.15) is 4.88 Å². The molecule has 0 unspecified atom stereocenters. The van der Waals surface area contributed by atoms with Gasteiger partial charge in [0.05, 0.1) is 10.3 Å². The van der Waals surface area contributed by atoms with Crippen LogP contribution in [0.15, 0.2) is 60.7 Å². The normalized spacial score (nSPS) is 10.8. The lowest BCUT2D eigenvalue weighted by Crippen LogP contribution is -1.98. The minimum Gasteiger partial charge on any atom is -0.339 e. The quantitative estimate of drug-likeness (QED) is 0.392. The zero-order valence-corrected chi connectivity index (χ0v) is 14.7. The van der Waals surface area contributed by atoms with Gasteiger partial charge in [0.1, 0.15) is 10.6 Å². The maximum Gasteiger partial charge on any atom is 0.271 e. The fourth-order valence-corrected chi connectivity index (χ4v) is 3.57. The van der Waals surface area contributed by atoms with Crippen LogP contribution >= 0.6 is 11.3 Å². The smallest absolute Gasteiger partial charge is 0.271 e. The van der Waals surface area contributed by atoms with E-state index >= 15 is 0 Å². The van der Waals surface area contributed by atoms with Crippen LogP contribution in [-0.4, -0.2) is 14.9 Å². The van der Waals surface area contributed by atoms with Crippen LogP contribution in [0.25, 0.3) is 21.6 Å². The molecule has 0 aliphatic carbocycles. The van der Waals surface area contributed by atoms with Crippen LogP contribution in [0.5, 0.6) is 0 Å². The number of aryl methyl sites for hydroxylation is 1. The number of nitrogens with zero attached hydrogens (tertiary/aromatic N) is 3. The predicted molar refractivity (Wildman–Crippen MR) is 104 cm³/mol. The molecule has 0 bridgehead atoms. The molecule has 0 saturated heterocycles. The molecule has 0 aliphatic heterocycles. The van der Waals surface area contributed by atoms with Crippen LogP contribution < -0.4 is 5.32 Å². The summed E-state index contributed by atoms with van der Waals surface area (Å²) in [5.41, 5.74) is 1.56. The van der Waals surface area contributed by atoms with Crippen molar-refractivity contribution in [3.05, 3.63) is 75.7 Å². The van der Waals surface area contributed by atoms with E-state index in [9.17, 15) is 10.1 Å². The van der Waals surface area contributed by atoms with E-state index in [0.717, 1.165) is 20.7 Å². The van der Waals surface area contributed by atoms with Crippen molar-refractivity contribution in [2.45, 2.75) is 6.92 Å². The summed E-state index contributed by atoms with van der Waals surface area (Å²) >= 11 is 1.59. The topological polar surface area (TPSA) is 81.0 Å². The molecular weight excluding hydrogens is 348 g/mol. The standard InChI is InChI=1S/C19H14N4O2S/c1-12-10-16-18(20-14-8-5-9-15(11-14)23(24)25)21-17(22-19(16)26-12)13-6-3-2-4-7-13/h2-11H,1H3,(H,20,21,22). The number of nitrogens with one attached hydrogen (secondary N) is 1.